The van der Waals surface area contributed by atoms with Crippen molar-refractivity contribution in [2.45, 2.75) is 152 Å². The van der Waals surface area contributed by atoms with Gasteiger partial charge in [-0.2, -0.15) is 0 Å². The van der Waals surface area contributed by atoms with Gasteiger partial charge in [-0.05, 0) is 145 Å². The fraction of sp³-hybridized carbons (Fsp3) is 0.613. The molecule has 0 aromatic carbocycles. The number of allylic oxidation sites excluding steroid dienone is 18. The first-order valence-corrected chi connectivity index (χ1v) is 27.6. The Hall–Kier alpha value is -4.92. The summed E-state index contributed by atoms with van der Waals surface area (Å²) >= 11 is 0. The standard InChI is InChI=1S/C62H98N4O9/c1-48(27-29-54-52(5)24-16-32-61(54,7)8)20-14-22-50(3)46-58(68)64-34-13-12-26-56(66-59(69)47-51(4)23-15-21-49(2)28-30-55-53(6)25-17-33-62(55,9)10)60(70)65-36-19-38-73-43-45-75-44-42-72-37-18-35-63-57(67)31-39-74-41-40-71-11/h14-15,20-23,27-30,46-47,56H,12-13,16-19,24-26,31-45H2,1-11H3,(H,63,67)(H,64,68)(H,65,70)(H,66,69)/b22-14+,23-15+,29-27+,30-28+,48-20+,49-21+,50-46+,51-47+/t56-/m0/s1. The Morgan fingerprint density at radius 2 is 1.01 bits per heavy atom. The summed E-state index contributed by atoms with van der Waals surface area (Å²) < 4.78 is 27.1. The lowest BCUT2D eigenvalue weighted by Crippen LogP contribution is -2.46. The Balaban J connectivity index is 1.84. The van der Waals surface area contributed by atoms with E-state index in [4.69, 9.17) is 23.7 Å². The van der Waals surface area contributed by atoms with Crippen LogP contribution in [-0.4, -0.2) is 116 Å². The maximum atomic E-state index is 13.5. The number of carbonyl (C=O) groups is 4. The predicted octanol–water partition coefficient (Wildman–Crippen LogP) is 10.9. The lowest BCUT2D eigenvalue weighted by molar-refractivity contribution is -0.127. The maximum Gasteiger partial charge on any atom is 0.244 e. The molecule has 0 aromatic heterocycles. The van der Waals surface area contributed by atoms with Crippen LogP contribution in [-0.2, 0) is 42.9 Å². The molecule has 1 atom stereocenters. The van der Waals surface area contributed by atoms with Crippen LogP contribution < -0.4 is 21.3 Å². The highest BCUT2D eigenvalue weighted by Gasteiger charge is 2.27. The van der Waals surface area contributed by atoms with Gasteiger partial charge in [-0.25, -0.2) is 0 Å². The Morgan fingerprint density at radius 3 is 1.53 bits per heavy atom. The highest BCUT2D eigenvalue weighted by atomic mass is 16.5. The van der Waals surface area contributed by atoms with Crippen LogP contribution in [0.25, 0.3) is 0 Å². The molecule has 2 rings (SSSR count). The van der Waals surface area contributed by atoms with E-state index in [1.54, 1.807) is 13.2 Å². The first-order chi connectivity index (χ1) is 35.8. The van der Waals surface area contributed by atoms with Crippen LogP contribution in [0.15, 0.2) is 117 Å². The SMILES string of the molecule is COCCOCCC(=O)NCCCOCCOCCOCCCNC(=O)[C@H](CCCCNC(=O)/C=C(C)/C=C/C=C(C)/C=C/C1=C(C)CCCC1(C)C)NC(=O)/C=C(C)/C=C/C=C(C)/C=C/C1=C(C)CCCC1(C)C. The van der Waals surface area contributed by atoms with Crippen molar-refractivity contribution in [3.8, 4) is 0 Å². The molecule has 0 spiro atoms. The molecular formula is C62H98N4O9. The summed E-state index contributed by atoms with van der Waals surface area (Å²) in [5.74, 6) is -0.845. The minimum Gasteiger partial charge on any atom is -0.382 e. The van der Waals surface area contributed by atoms with Crippen LogP contribution in [0.5, 0.6) is 0 Å². The molecule has 2 aliphatic carbocycles. The number of amides is 4. The quantitative estimate of drug-likeness (QED) is 0.0270. The number of hydrogen-bond donors (Lipinski definition) is 4. The molecule has 4 amide bonds. The number of methoxy groups -OCH3 is 1. The topological polar surface area (TPSA) is 163 Å². The third-order valence-electron chi connectivity index (χ3n) is 13.3. The van der Waals surface area contributed by atoms with Gasteiger partial charge in [-0.1, -0.05) is 111 Å². The van der Waals surface area contributed by atoms with Gasteiger partial charge in [0.25, 0.3) is 0 Å². The summed E-state index contributed by atoms with van der Waals surface area (Å²) in [6.07, 6.45) is 34.2. The Labute approximate surface area is 453 Å². The lowest BCUT2D eigenvalue weighted by Gasteiger charge is -2.33. The summed E-state index contributed by atoms with van der Waals surface area (Å²) in [6.45, 7) is 27.0. The van der Waals surface area contributed by atoms with Gasteiger partial charge in [0.15, 0.2) is 0 Å². The van der Waals surface area contributed by atoms with Gasteiger partial charge >= 0.3 is 0 Å². The number of rotatable bonds is 37. The molecule has 0 unspecified atom stereocenters. The van der Waals surface area contributed by atoms with Crippen molar-refractivity contribution in [1.29, 1.82) is 0 Å². The normalized spacial score (nSPS) is 17.2. The maximum absolute atomic E-state index is 13.5. The van der Waals surface area contributed by atoms with Gasteiger partial charge in [-0.15, -0.1) is 0 Å². The van der Waals surface area contributed by atoms with Crippen LogP contribution in [0.4, 0.5) is 0 Å². The molecule has 4 N–H and O–H groups in total. The molecule has 0 fully saturated rings. The van der Waals surface area contributed by atoms with Crippen molar-refractivity contribution < 1.29 is 42.9 Å². The lowest BCUT2D eigenvalue weighted by atomic mass is 9.72. The molecule has 0 saturated carbocycles. The molecule has 0 saturated heterocycles. The fourth-order valence-electron chi connectivity index (χ4n) is 8.94. The highest BCUT2D eigenvalue weighted by molar-refractivity contribution is 5.93. The molecule has 0 aliphatic heterocycles. The van der Waals surface area contributed by atoms with E-state index in [0.29, 0.717) is 118 Å². The van der Waals surface area contributed by atoms with Crippen molar-refractivity contribution in [1.82, 2.24) is 21.3 Å². The van der Waals surface area contributed by atoms with Crippen molar-refractivity contribution in [3.05, 3.63) is 117 Å². The average Bonchev–Trinajstić information content (AvgIpc) is 3.33. The van der Waals surface area contributed by atoms with E-state index < -0.39 is 6.04 Å². The number of nitrogens with one attached hydrogen (secondary N) is 4. The van der Waals surface area contributed by atoms with Gasteiger partial charge in [0.05, 0.1) is 46.2 Å². The number of unbranched alkanes of at least 4 members (excludes halogenated alkanes) is 1. The highest BCUT2D eigenvalue weighted by Crippen LogP contribution is 2.42. The largest absolute Gasteiger partial charge is 0.382 e. The second-order valence-electron chi connectivity index (χ2n) is 21.2. The van der Waals surface area contributed by atoms with E-state index in [1.807, 2.05) is 44.2 Å². The summed E-state index contributed by atoms with van der Waals surface area (Å²) in [5, 5.41) is 11.7. The van der Waals surface area contributed by atoms with Crippen molar-refractivity contribution in [2.24, 2.45) is 10.8 Å². The summed E-state index contributed by atoms with van der Waals surface area (Å²) in [6, 6.07) is -0.754. The Bertz CT molecular complexity index is 2080. The van der Waals surface area contributed by atoms with Gasteiger partial charge < -0.3 is 45.0 Å². The van der Waals surface area contributed by atoms with E-state index in [0.717, 1.165) is 35.1 Å². The van der Waals surface area contributed by atoms with E-state index in [2.05, 4.69) is 107 Å². The van der Waals surface area contributed by atoms with E-state index in [-0.39, 0.29) is 34.5 Å². The van der Waals surface area contributed by atoms with Crippen molar-refractivity contribution >= 4 is 23.6 Å². The summed E-state index contributed by atoms with van der Waals surface area (Å²) in [4.78, 5) is 51.3. The third-order valence-corrected chi connectivity index (χ3v) is 13.3. The van der Waals surface area contributed by atoms with Crippen molar-refractivity contribution in [3.63, 3.8) is 0 Å². The van der Waals surface area contributed by atoms with Crippen molar-refractivity contribution in [2.75, 3.05) is 86.2 Å². The van der Waals surface area contributed by atoms with Gasteiger partial charge in [0.2, 0.25) is 23.6 Å². The van der Waals surface area contributed by atoms with E-state index in [9.17, 15) is 19.2 Å². The number of carbonyl (C=O) groups excluding carboxylic acids is 4. The molecule has 0 radical (unpaired) electrons. The van der Waals surface area contributed by atoms with Gasteiger partial charge in [0, 0.05) is 58.5 Å². The zero-order chi connectivity index (χ0) is 55.3. The summed E-state index contributed by atoms with van der Waals surface area (Å²) in [5.41, 5.74) is 10.0. The molecular weight excluding hydrogens is 945 g/mol. The van der Waals surface area contributed by atoms with Crippen LogP contribution in [0.1, 0.15) is 146 Å². The van der Waals surface area contributed by atoms with Crippen LogP contribution in [0.3, 0.4) is 0 Å². The molecule has 420 valence electrons. The number of ether oxygens (including phenoxy) is 5. The monoisotopic (exact) mass is 1040 g/mol. The molecule has 0 bridgehead atoms. The van der Waals surface area contributed by atoms with Crippen LogP contribution in [0.2, 0.25) is 0 Å². The number of hydrogen-bond acceptors (Lipinski definition) is 9. The smallest absolute Gasteiger partial charge is 0.244 e. The second kappa shape index (κ2) is 38.6. The van der Waals surface area contributed by atoms with E-state index in [1.165, 1.54) is 54.1 Å². The minimum atomic E-state index is -0.754. The molecule has 2 aliphatic rings. The fourth-order valence-corrected chi connectivity index (χ4v) is 8.94. The summed E-state index contributed by atoms with van der Waals surface area (Å²) in [7, 11) is 1.61. The molecule has 0 heterocycles. The zero-order valence-corrected chi connectivity index (χ0v) is 48.2. The minimum absolute atomic E-state index is 0.0493. The zero-order valence-electron chi connectivity index (χ0n) is 48.2. The average molecular weight is 1040 g/mol. The molecule has 75 heavy (non-hydrogen) atoms. The Morgan fingerprint density at radius 1 is 0.547 bits per heavy atom. The first-order valence-electron chi connectivity index (χ1n) is 27.6. The molecule has 13 heteroatoms. The van der Waals surface area contributed by atoms with Crippen LogP contribution in [0, 0.1) is 10.8 Å². The third kappa shape index (κ3) is 31.0. The predicted molar refractivity (Wildman–Crippen MR) is 306 cm³/mol. The first kappa shape index (κ1) is 66.2. The van der Waals surface area contributed by atoms with E-state index >= 15 is 0 Å². The van der Waals surface area contributed by atoms with Gasteiger partial charge in [-0.3, -0.25) is 19.2 Å². The molecule has 13 nitrogen and oxygen atoms in total. The van der Waals surface area contributed by atoms with Gasteiger partial charge in [0.1, 0.15) is 6.04 Å². The Kier molecular flexibility index (Phi) is 34.1. The second-order valence-corrected chi connectivity index (χ2v) is 21.2. The molecule has 0 aromatic rings. The van der Waals surface area contributed by atoms with Crippen LogP contribution >= 0.6 is 0 Å².